The summed E-state index contributed by atoms with van der Waals surface area (Å²) in [6, 6.07) is 4.42. The standard InChI is InChI=1S/C11H17NO2S2/c1-2-10-3-4-11(15-10)7-12-9-5-6-16(13,14)8-9/h3-4,9,12H,2,5-8H2,1H3. The highest BCUT2D eigenvalue weighted by Gasteiger charge is 2.27. The van der Waals surface area contributed by atoms with E-state index in [-0.39, 0.29) is 6.04 Å². The molecule has 1 N–H and O–H groups in total. The summed E-state index contributed by atoms with van der Waals surface area (Å²) in [6.45, 7) is 2.94. The molecule has 0 aromatic carbocycles. The first-order chi connectivity index (χ1) is 7.59. The zero-order valence-corrected chi connectivity index (χ0v) is 11.0. The molecule has 1 unspecified atom stereocenters. The Bertz CT molecular complexity index is 450. The molecule has 0 spiro atoms. The van der Waals surface area contributed by atoms with Crippen molar-refractivity contribution in [1.29, 1.82) is 0 Å². The van der Waals surface area contributed by atoms with E-state index in [4.69, 9.17) is 0 Å². The number of sulfone groups is 1. The molecule has 2 heterocycles. The van der Waals surface area contributed by atoms with E-state index in [1.54, 1.807) is 11.3 Å². The van der Waals surface area contributed by atoms with E-state index in [0.29, 0.717) is 11.5 Å². The molecule has 1 atom stereocenters. The van der Waals surface area contributed by atoms with Gasteiger partial charge in [-0.25, -0.2) is 8.42 Å². The van der Waals surface area contributed by atoms with Crippen LogP contribution in [0.3, 0.4) is 0 Å². The predicted octanol–water partition coefficient (Wildman–Crippen LogP) is 1.59. The fourth-order valence-electron chi connectivity index (χ4n) is 1.91. The van der Waals surface area contributed by atoms with Crippen LogP contribution in [0.15, 0.2) is 12.1 Å². The first-order valence-corrected chi connectivity index (χ1v) is 8.24. The molecule has 0 aliphatic carbocycles. The van der Waals surface area contributed by atoms with Gasteiger partial charge in [-0.05, 0) is 25.0 Å². The van der Waals surface area contributed by atoms with Gasteiger partial charge in [0, 0.05) is 22.3 Å². The minimum atomic E-state index is -2.76. The number of thiophene rings is 1. The van der Waals surface area contributed by atoms with E-state index in [1.807, 2.05) is 0 Å². The highest BCUT2D eigenvalue weighted by Crippen LogP contribution is 2.18. The third kappa shape index (κ3) is 3.06. The first-order valence-electron chi connectivity index (χ1n) is 5.60. The lowest BCUT2D eigenvalue weighted by atomic mass is 10.2. The number of nitrogens with one attached hydrogen (secondary N) is 1. The molecule has 0 radical (unpaired) electrons. The van der Waals surface area contributed by atoms with Gasteiger partial charge < -0.3 is 5.32 Å². The zero-order chi connectivity index (χ0) is 11.6. The maximum absolute atomic E-state index is 11.3. The summed E-state index contributed by atoms with van der Waals surface area (Å²) in [5.41, 5.74) is 0. The van der Waals surface area contributed by atoms with E-state index < -0.39 is 9.84 Å². The molecular formula is C11H17NO2S2. The second kappa shape index (κ2) is 4.85. The molecule has 1 fully saturated rings. The van der Waals surface area contributed by atoms with Crippen LogP contribution in [-0.2, 0) is 22.8 Å². The Morgan fingerprint density at radius 2 is 2.19 bits per heavy atom. The third-order valence-electron chi connectivity index (χ3n) is 2.86. The molecule has 1 aromatic heterocycles. The lowest BCUT2D eigenvalue weighted by Gasteiger charge is -2.08. The maximum Gasteiger partial charge on any atom is 0.151 e. The lowest BCUT2D eigenvalue weighted by Crippen LogP contribution is -2.29. The Morgan fingerprint density at radius 1 is 1.44 bits per heavy atom. The zero-order valence-electron chi connectivity index (χ0n) is 9.40. The molecule has 1 aromatic rings. The van der Waals surface area contributed by atoms with Crippen molar-refractivity contribution in [1.82, 2.24) is 5.32 Å². The second-order valence-corrected chi connectivity index (χ2v) is 7.68. The summed E-state index contributed by atoms with van der Waals surface area (Å²) in [5.74, 6) is 0.647. The Balaban J connectivity index is 1.84. The summed E-state index contributed by atoms with van der Waals surface area (Å²) >= 11 is 1.80. The van der Waals surface area contributed by atoms with Crippen LogP contribution in [0.5, 0.6) is 0 Å². The normalized spacial score (nSPS) is 23.7. The summed E-state index contributed by atoms with van der Waals surface area (Å²) < 4.78 is 22.5. The molecular weight excluding hydrogens is 242 g/mol. The molecule has 5 heteroatoms. The molecule has 0 saturated carbocycles. The van der Waals surface area contributed by atoms with Gasteiger partial charge in [-0.1, -0.05) is 6.92 Å². The van der Waals surface area contributed by atoms with E-state index in [9.17, 15) is 8.42 Å². The van der Waals surface area contributed by atoms with Crippen LogP contribution in [0.25, 0.3) is 0 Å². The van der Waals surface area contributed by atoms with Crippen LogP contribution in [0.2, 0.25) is 0 Å². The molecule has 0 amide bonds. The minimum Gasteiger partial charge on any atom is -0.308 e. The second-order valence-electron chi connectivity index (χ2n) is 4.20. The van der Waals surface area contributed by atoms with E-state index in [0.717, 1.165) is 19.4 Å². The van der Waals surface area contributed by atoms with Crippen molar-refractivity contribution in [3.8, 4) is 0 Å². The van der Waals surface area contributed by atoms with E-state index in [2.05, 4.69) is 24.4 Å². The van der Waals surface area contributed by atoms with Crippen LogP contribution in [0.4, 0.5) is 0 Å². The van der Waals surface area contributed by atoms with Gasteiger partial charge in [0.2, 0.25) is 0 Å². The fourth-order valence-corrected chi connectivity index (χ4v) is 4.52. The van der Waals surface area contributed by atoms with Crippen molar-refractivity contribution in [3.05, 3.63) is 21.9 Å². The quantitative estimate of drug-likeness (QED) is 0.893. The van der Waals surface area contributed by atoms with Crippen molar-refractivity contribution in [3.63, 3.8) is 0 Å². The van der Waals surface area contributed by atoms with Gasteiger partial charge in [0.25, 0.3) is 0 Å². The van der Waals surface area contributed by atoms with E-state index >= 15 is 0 Å². The van der Waals surface area contributed by atoms with Crippen LogP contribution in [0, 0.1) is 0 Å². The van der Waals surface area contributed by atoms with Crippen molar-refractivity contribution in [2.45, 2.75) is 32.4 Å². The summed E-state index contributed by atoms with van der Waals surface area (Å²) in [5, 5.41) is 3.32. The Kier molecular flexibility index (Phi) is 3.66. The third-order valence-corrected chi connectivity index (χ3v) is 5.86. The number of aryl methyl sites for hydroxylation is 1. The monoisotopic (exact) mass is 259 g/mol. The summed E-state index contributed by atoms with van der Waals surface area (Å²) in [4.78, 5) is 2.68. The van der Waals surface area contributed by atoms with Gasteiger partial charge in [-0.3, -0.25) is 0 Å². The largest absolute Gasteiger partial charge is 0.308 e. The minimum absolute atomic E-state index is 0.150. The first kappa shape index (κ1) is 12.1. The Morgan fingerprint density at radius 3 is 2.75 bits per heavy atom. The van der Waals surface area contributed by atoms with Crippen molar-refractivity contribution in [2.24, 2.45) is 0 Å². The molecule has 0 bridgehead atoms. The highest BCUT2D eigenvalue weighted by molar-refractivity contribution is 7.91. The molecule has 1 saturated heterocycles. The Hall–Kier alpha value is -0.390. The van der Waals surface area contributed by atoms with Gasteiger partial charge in [-0.2, -0.15) is 0 Å². The van der Waals surface area contributed by atoms with Gasteiger partial charge in [-0.15, -0.1) is 11.3 Å². The van der Waals surface area contributed by atoms with Crippen LogP contribution >= 0.6 is 11.3 Å². The van der Waals surface area contributed by atoms with Gasteiger partial charge in [0.05, 0.1) is 11.5 Å². The number of hydrogen-bond acceptors (Lipinski definition) is 4. The van der Waals surface area contributed by atoms with Gasteiger partial charge in [0.15, 0.2) is 9.84 Å². The predicted molar refractivity (Wildman–Crippen MR) is 67.6 cm³/mol. The lowest BCUT2D eigenvalue weighted by molar-refractivity contribution is 0.557. The van der Waals surface area contributed by atoms with Crippen molar-refractivity contribution in [2.75, 3.05) is 11.5 Å². The maximum atomic E-state index is 11.3. The Labute approximate surface area is 101 Å². The average Bonchev–Trinajstić information content (AvgIpc) is 2.81. The number of hydrogen-bond donors (Lipinski definition) is 1. The van der Waals surface area contributed by atoms with E-state index in [1.165, 1.54) is 9.75 Å². The summed E-state index contributed by atoms with van der Waals surface area (Å²) in [7, 11) is -2.76. The van der Waals surface area contributed by atoms with Crippen LogP contribution < -0.4 is 5.32 Å². The smallest absolute Gasteiger partial charge is 0.151 e. The molecule has 16 heavy (non-hydrogen) atoms. The fraction of sp³-hybridized carbons (Fsp3) is 0.636. The summed E-state index contributed by atoms with van der Waals surface area (Å²) in [6.07, 6.45) is 1.83. The molecule has 3 nitrogen and oxygen atoms in total. The molecule has 1 aliphatic rings. The SMILES string of the molecule is CCc1ccc(CNC2CCS(=O)(=O)C2)s1. The van der Waals surface area contributed by atoms with Gasteiger partial charge in [0.1, 0.15) is 0 Å². The molecule has 1 aliphatic heterocycles. The molecule has 2 rings (SSSR count). The average molecular weight is 259 g/mol. The molecule has 90 valence electrons. The topological polar surface area (TPSA) is 46.2 Å². The number of rotatable bonds is 4. The van der Waals surface area contributed by atoms with Crippen molar-refractivity contribution < 1.29 is 8.42 Å². The van der Waals surface area contributed by atoms with Crippen LogP contribution in [-0.4, -0.2) is 26.0 Å². The van der Waals surface area contributed by atoms with Gasteiger partial charge >= 0.3 is 0 Å². The van der Waals surface area contributed by atoms with Crippen LogP contribution in [0.1, 0.15) is 23.1 Å². The van der Waals surface area contributed by atoms with Crippen molar-refractivity contribution >= 4 is 21.2 Å². The highest BCUT2D eigenvalue weighted by atomic mass is 32.2.